The molecule has 1 aliphatic rings. The van der Waals surface area contributed by atoms with Gasteiger partial charge in [0.1, 0.15) is 17.4 Å². The van der Waals surface area contributed by atoms with Gasteiger partial charge in [0.05, 0.1) is 12.3 Å². The number of nitrogens with zero attached hydrogens (tertiary/aromatic N) is 3. The third kappa shape index (κ3) is 3.82. The summed E-state index contributed by atoms with van der Waals surface area (Å²) in [6, 6.07) is 9.31. The van der Waals surface area contributed by atoms with Crippen molar-refractivity contribution in [3.05, 3.63) is 40.2 Å². The van der Waals surface area contributed by atoms with Gasteiger partial charge in [-0.05, 0) is 44.0 Å². The summed E-state index contributed by atoms with van der Waals surface area (Å²) in [5.41, 5.74) is 0.819. The van der Waals surface area contributed by atoms with Gasteiger partial charge in [-0.1, -0.05) is 12.8 Å². The lowest BCUT2D eigenvalue weighted by molar-refractivity contribution is 0.340. The molecule has 0 spiro atoms. The van der Waals surface area contributed by atoms with Crippen LogP contribution in [0.1, 0.15) is 38.2 Å². The number of anilines is 1. The number of ether oxygens (including phenoxy) is 1. The van der Waals surface area contributed by atoms with Gasteiger partial charge in [-0.3, -0.25) is 9.78 Å². The molecule has 2 aromatic rings. The van der Waals surface area contributed by atoms with Crippen molar-refractivity contribution < 1.29 is 4.74 Å². The molecule has 1 N–H and O–H groups in total. The highest BCUT2D eigenvalue weighted by Crippen LogP contribution is 2.24. The molecule has 1 saturated heterocycles. The van der Waals surface area contributed by atoms with E-state index in [0.717, 1.165) is 37.2 Å². The maximum atomic E-state index is 12.4. The summed E-state index contributed by atoms with van der Waals surface area (Å²) in [4.78, 5) is 21.9. The fourth-order valence-electron chi connectivity index (χ4n) is 3.08. The van der Waals surface area contributed by atoms with Crippen molar-refractivity contribution in [2.75, 3.05) is 24.6 Å². The Bertz CT molecular complexity index is 813. The van der Waals surface area contributed by atoms with Crippen molar-refractivity contribution in [1.82, 2.24) is 9.97 Å². The van der Waals surface area contributed by atoms with Crippen molar-refractivity contribution in [2.45, 2.75) is 32.6 Å². The molecule has 1 fully saturated rings. The summed E-state index contributed by atoms with van der Waals surface area (Å²) in [6.07, 6.45) is 4.57. The fourth-order valence-corrected chi connectivity index (χ4v) is 3.08. The van der Waals surface area contributed by atoms with Gasteiger partial charge in [0.15, 0.2) is 0 Å². The lowest BCUT2D eigenvalue weighted by Crippen LogP contribution is -2.29. The van der Waals surface area contributed by atoms with Crippen LogP contribution in [-0.2, 0) is 0 Å². The fraction of sp³-hybridized carbons (Fsp3) is 0.421. The molecule has 130 valence electrons. The van der Waals surface area contributed by atoms with E-state index < -0.39 is 0 Å². The predicted molar refractivity (Wildman–Crippen MR) is 96.9 cm³/mol. The number of H-pyrrole nitrogens is 1. The van der Waals surface area contributed by atoms with Crippen LogP contribution >= 0.6 is 0 Å². The molecule has 0 radical (unpaired) electrons. The Morgan fingerprint density at radius 3 is 2.48 bits per heavy atom. The van der Waals surface area contributed by atoms with Crippen molar-refractivity contribution in [3.63, 3.8) is 0 Å². The highest BCUT2D eigenvalue weighted by Gasteiger charge is 2.18. The lowest BCUT2D eigenvalue weighted by Gasteiger charge is -2.21. The Morgan fingerprint density at radius 1 is 1.20 bits per heavy atom. The molecular weight excluding hydrogens is 316 g/mol. The molecule has 0 atom stereocenters. The van der Waals surface area contributed by atoms with Crippen molar-refractivity contribution >= 4 is 5.95 Å². The van der Waals surface area contributed by atoms with E-state index in [0.29, 0.717) is 18.2 Å². The largest absolute Gasteiger partial charge is 0.494 e. The van der Waals surface area contributed by atoms with Crippen LogP contribution in [0.15, 0.2) is 29.1 Å². The Kier molecular flexibility index (Phi) is 5.34. The normalized spacial score (nSPS) is 14.6. The summed E-state index contributed by atoms with van der Waals surface area (Å²) in [5, 5.41) is 9.40. The zero-order chi connectivity index (χ0) is 17.6. The first kappa shape index (κ1) is 17.0. The first-order valence-electron chi connectivity index (χ1n) is 8.75. The molecular formula is C19H22N4O2. The SMILES string of the molecule is CCOc1ccc(-c2nc(N3CCCCCC3)[nH]c(=O)c2C#N)cc1. The Hall–Kier alpha value is -2.81. The van der Waals surface area contributed by atoms with Gasteiger partial charge in [0.2, 0.25) is 5.95 Å². The lowest BCUT2D eigenvalue weighted by atomic mass is 10.1. The Balaban J connectivity index is 2.02. The van der Waals surface area contributed by atoms with Gasteiger partial charge in [0.25, 0.3) is 5.56 Å². The molecule has 6 nitrogen and oxygen atoms in total. The van der Waals surface area contributed by atoms with E-state index >= 15 is 0 Å². The van der Waals surface area contributed by atoms with Crippen LogP contribution in [-0.4, -0.2) is 29.7 Å². The molecule has 0 amide bonds. The van der Waals surface area contributed by atoms with Crippen LogP contribution in [0.2, 0.25) is 0 Å². The van der Waals surface area contributed by atoms with Gasteiger partial charge in [-0.25, -0.2) is 4.98 Å². The second kappa shape index (κ2) is 7.84. The first-order chi connectivity index (χ1) is 12.2. The maximum absolute atomic E-state index is 12.4. The van der Waals surface area contributed by atoms with E-state index in [1.165, 1.54) is 12.8 Å². The van der Waals surface area contributed by atoms with Gasteiger partial charge >= 0.3 is 0 Å². The minimum absolute atomic E-state index is 0.0442. The standard InChI is InChI=1S/C19H22N4O2/c1-2-25-15-9-7-14(8-10-15)17-16(13-20)18(24)22-19(21-17)23-11-5-3-4-6-12-23/h7-10H,2-6,11-12H2,1H3,(H,21,22,24). The monoisotopic (exact) mass is 338 g/mol. The second-order valence-electron chi connectivity index (χ2n) is 6.08. The molecule has 1 aromatic carbocycles. The van der Waals surface area contributed by atoms with Gasteiger partial charge in [-0.2, -0.15) is 5.26 Å². The average molecular weight is 338 g/mol. The number of aromatic amines is 1. The molecule has 25 heavy (non-hydrogen) atoms. The number of aromatic nitrogens is 2. The van der Waals surface area contributed by atoms with Crippen LogP contribution in [0.4, 0.5) is 5.95 Å². The van der Waals surface area contributed by atoms with Gasteiger partial charge in [-0.15, -0.1) is 0 Å². The average Bonchev–Trinajstić information content (AvgIpc) is 2.91. The smallest absolute Gasteiger partial charge is 0.270 e. The van der Waals surface area contributed by atoms with E-state index in [4.69, 9.17) is 4.74 Å². The third-order valence-electron chi connectivity index (χ3n) is 4.36. The molecule has 0 bridgehead atoms. The predicted octanol–water partition coefficient (Wildman–Crippen LogP) is 3.09. The zero-order valence-electron chi connectivity index (χ0n) is 14.4. The van der Waals surface area contributed by atoms with Crippen LogP contribution in [0.25, 0.3) is 11.3 Å². The number of benzene rings is 1. The number of hydrogen-bond acceptors (Lipinski definition) is 5. The van der Waals surface area contributed by atoms with Crippen LogP contribution < -0.4 is 15.2 Å². The summed E-state index contributed by atoms with van der Waals surface area (Å²) in [6.45, 7) is 4.26. The number of hydrogen-bond donors (Lipinski definition) is 1. The van der Waals surface area contributed by atoms with Crippen LogP contribution in [0, 0.1) is 11.3 Å². The summed E-state index contributed by atoms with van der Waals surface area (Å²) in [7, 11) is 0. The Morgan fingerprint density at radius 2 is 1.88 bits per heavy atom. The minimum atomic E-state index is -0.388. The first-order valence-corrected chi connectivity index (χ1v) is 8.75. The number of nitriles is 1. The van der Waals surface area contributed by atoms with Crippen LogP contribution in [0.5, 0.6) is 5.75 Å². The molecule has 0 unspecified atom stereocenters. The zero-order valence-corrected chi connectivity index (χ0v) is 14.4. The van der Waals surface area contributed by atoms with E-state index in [-0.39, 0.29) is 11.1 Å². The molecule has 0 aliphatic carbocycles. The minimum Gasteiger partial charge on any atom is -0.494 e. The van der Waals surface area contributed by atoms with E-state index in [2.05, 4.69) is 14.9 Å². The maximum Gasteiger partial charge on any atom is 0.270 e. The number of rotatable bonds is 4. The van der Waals surface area contributed by atoms with Crippen molar-refractivity contribution in [2.24, 2.45) is 0 Å². The third-order valence-corrected chi connectivity index (χ3v) is 4.36. The highest BCUT2D eigenvalue weighted by molar-refractivity contribution is 5.67. The number of nitrogens with one attached hydrogen (secondary N) is 1. The van der Waals surface area contributed by atoms with Crippen molar-refractivity contribution in [1.29, 1.82) is 5.26 Å². The van der Waals surface area contributed by atoms with E-state index in [1.54, 1.807) is 0 Å². The highest BCUT2D eigenvalue weighted by atomic mass is 16.5. The quantitative estimate of drug-likeness (QED) is 0.926. The van der Waals surface area contributed by atoms with Crippen molar-refractivity contribution in [3.8, 4) is 23.1 Å². The molecule has 2 heterocycles. The summed E-state index contributed by atoms with van der Waals surface area (Å²) < 4.78 is 5.45. The molecule has 1 aliphatic heterocycles. The molecule has 6 heteroatoms. The second-order valence-corrected chi connectivity index (χ2v) is 6.08. The summed E-state index contributed by atoms with van der Waals surface area (Å²) in [5.74, 6) is 1.30. The van der Waals surface area contributed by atoms with Gasteiger partial charge < -0.3 is 9.64 Å². The molecule has 0 saturated carbocycles. The molecule has 1 aromatic heterocycles. The Labute approximate surface area is 147 Å². The summed E-state index contributed by atoms with van der Waals surface area (Å²) >= 11 is 0. The van der Waals surface area contributed by atoms with Gasteiger partial charge in [0, 0.05) is 18.7 Å². The van der Waals surface area contributed by atoms with E-state index in [1.807, 2.05) is 37.3 Å². The van der Waals surface area contributed by atoms with E-state index in [9.17, 15) is 10.1 Å². The van der Waals surface area contributed by atoms with Crippen LogP contribution in [0.3, 0.4) is 0 Å². The topological polar surface area (TPSA) is 82.0 Å². The molecule has 3 rings (SSSR count).